The molecular formula is C44H29BrN4. The minimum absolute atomic E-state index is 0.682. The van der Waals surface area contributed by atoms with Crippen molar-refractivity contribution in [3.8, 4) is 28.3 Å². The fourth-order valence-corrected chi connectivity index (χ4v) is 7.37. The number of halogens is 1. The number of hydrogen-bond acceptors (Lipinski definition) is 3. The molecule has 0 saturated heterocycles. The maximum atomic E-state index is 5.27. The first-order chi connectivity index (χ1) is 24.2. The monoisotopic (exact) mass is 692 g/mol. The first kappa shape index (κ1) is 29.1. The van der Waals surface area contributed by atoms with Gasteiger partial charge in [-0.15, -0.1) is 0 Å². The highest BCUT2D eigenvalue weighted by atomic mass is 79.9. The van der Waals surface area contributed by atoms with Crippen molar-refractivity contribution >= 4 is 65.6 Å². The van der Waals surface area contributed by atoms with Gasteiger partial charge in [-0.25, -0.2) is 9.97 Å². The van der Waals surface area contributed by atoms with Gasteiger partial charge in [-0.05, 0) is 41.8 Å². The predicted octanol–water partition coefficient (Wildman–Crippen LogP) is 12.3. The summed E-state index contributed by atoms with van der Waals surface area (Å²) in [4.78, 5) is 12.6. The lowest BCUT2D eigenvalue weighted by Crippen LogP contribution is -2.14. The van der Waals surface area contributed by atoms with E-state index in [1.807, 2.05) is 30.5 Å². The molecule has 49 heavy (non-hydrogen) atoms. The molecule has 0 N–H and O–H groups in total. The Balaban J connectivity index is 1.34. The molecule has 0 radical (unpaired) electrons. The fourth-order valence-electron chi connectivity index (χ4n) is 6.90. The van der Waals surface area contributed by atoms with Gasteiger partial charge in [0.2, 0.25) is 0 Å². The van der Waals surface area contributed by atoms with Gasteiger partial charge < -0.3 is 9.47 Å². The Morgan fingerprint density at radius 3 is 1.82 bits per heavy atom. The highest BCUT2D eigenvalue weighted by Gasteiger charge is 2.23. The first-order valence-corrected chi connectivity index (χ1v) is 17.1. The van der Waals surface area contributed by atoms with Crippen LogP contribution in [0.2, 0.25) is 0 Å². The fraction of sp³-hybridized carbons (Fsp3) is 0. The number of fused-ring (bicyclic) bond motifs is 4. The lowest BCUT2D eigenvalue weighted by molar-refractivity contribution is 1.13. The molecule has 0 aliphatic rings. The topological polar surface area (TPSA) is 34.0 Å². The molecule has 0 aliphatic heterocycles. The van der Waals surface area contributed by atoms with Crippen LogP contribution in [0.5, 0.6) is 0 Å². The van der Waals surface area contributed by atoms with E-state index in [0.29, 0.717) is 5.82 Å². The van der Waals surface area contributed by atoms with E-state index in [1.54, 1.807) is 0 Å². The summed E-state index contributed by atoms with van der Waals surface area (Å²) in [7, 11) is 0. The van der Waals surface area contributed by atoms with Crippen LogP contribution in [-0.4, -0.2) is 14.5 Å². The lowest BCUT2D eigenvalue weighted by atomic mass is 10.0. The van der Waals surface area contributed by atoms with E-state index in [4.69, 9.17) is 9.97 Å². The molecule has 0 aliphatic carbocycles. The lowest BCUT2D eigenvalue weighted by Gasteiger charge is -2.29. The minimum Gasteiger partial charge on any atom is -0.309 e. The van der Waals surface area contributed by atoms with Gasteiger partial charge in [0.05, 0.1) is 34.3 Å². The molecule has 0 atom stereocenters. The largest absolute Gasteiger partial charge is 0.309 e. The summed E-state index contributed by atoms with van der Waals surface area (Å²) in [6, 6.07) is 59.4. The third kappa shape index (κ3) is 5.16. The molecule has 232 valence electrons. The van der Waals surface area contributed by atoms with Crippen LogP contribution in [0.3, 0.4) is 0 Å². The van der Waals surface area contributed by atoms with Gasteiger partial charge in [0, 0.05) is 43.1 Å². The quantitative estimate of drug-likeness (QED) is 0.174. The number of para-hydroxylation sites is 2. The molecule has 5 heteroatoms. The van der Waals surface area contributed by atoms with Crippen LogP contribution in [0.15, 0.2) is 181 Å². The molecule has 7 aromatic carbocycles. The van der Waals surface area contributed by atoms with Crippen molar-refractivity contribution in [1.82, 2.24) is 14.5 Å². The number of nitrogens with zero attached hydrogens (tertiary/aromatic N) is 4. The van der Waals surface area contributed by atoms with E-state index in [9.17, 15) is 0 Å². The van der Waals surface area contributed by atoms with E-state index in [-0.39, 0.29) is 0 Å². The summed E-state index contributed by atoms with van der Waals surface area (Å²) in [5, 5.41) is 4.74. The molecule has 2 aromatic heterocycles. The second-order valence-corrected chi connectivity index (χ2v) is 12.9. The molecule has 2 heterocycles. The summed E-state index contributed by atoms with van der Waals surface area (Å²) >= 11 is 3.92. The Hall–Kier alpha value is -6.04. The minimum atomic E-state index is 0.682. The predicted molar refractivity (Wildman–Crippen MR) is 207 cm³/mol. The van der Waals surface area contributed by atoms with Gasteiger partial charge in [0.15, 0.2) is 5.82 Å². The number of hydrogen-bond donors (Lipinski definition) is 0. The number of rotatable bonds is 6. The van der Waals surface area contributed by atoms with Gasteiger partial charge in [-0.1, -0.05) is 149 Å². The highest BCUT2D eigenvalue weighted by Crippen LogP contribution is 2.45. The van der Waals surface area contributed by atoms with Gasteiger partial charge in [-0.3, -0.25) is 0 Å². The van der Waals surface area contributed by atoms with Crippen LogP contribution in [0.4, 0.5) is 17.1 Å². The molecule has 0 saturated carbocycles. The maximum Gasteiger partial charge on any atom is 0.159 e. The third-order valence-corrected chi connectivity index (χ3v) is 9.52. The second-order valence-electron chi connectivity index (χ2n) is 12.0. The average molecular weight is 694 g/mol. The highest BCUT2D eigenvalue weighted by molar-refractivity contribution is 9.10. The average Bonchev–Trinajstić information content (AvgIpc) is 3.50. The number of benzene rings is 7. The van der Waals surface area contributed by atoms with Crippen molar-refractivity contribution in [1.29, 1.82) is 0 Å². The number of anilines is 3. The molecule has 0 bridgehead atoms. The molecular weight excluding hydrogens is 664 g/mol. The van der Waals surface area contributed by atoms with Gasteiger partial charge >= 0.3 is 0 Å². The standard InChI is InChI=1S/C44H29BrN4/c45-33-26-34(48-40-23-11-9-21-37(40)38-22-10-12-24-41(38)48)28-35(27-33)49(39-25-13-19-30-14-7-8-20-36(30)39)42-29-46-44(32-17-5-2-6-18-32)47-43(42)31-15-3-1-4-16-31/h1-29H. The van der Waals surface area contributed by atoms with E-state index in [2.05, 4.69) is 171 Å². The Kier molecular flexibility index (Phi) is 7.25. The molecule has 0 spiro atoms. The zero-order valence-electron chi connectivity index (χ0n) is 26.4. The van der Waals surface area contributed by atoms with Crippen LogP contribution in [-0.2, 0) is 0 Å². The van der Waals surface area contributed by atoms with Crippen LogP contribution < -0.4 is 4.90 Å². The van der Waals surface area contributed by atoms with Gasteiger partial charge in [-0.2, -0.15) is 0 Å². The van der Waals surface area contributed by atoms with E-state index in [1.165, 1.54) is 10.8 Å². The smallest absolute Gasteiger partial charge is 0.159 e. The third-order valence-electron chi connectivity index (χ3n) is 9.06. The SMILES string of the molecule is Brc1cc(N(c2cnc(-c3ccccc3)nc2-c2ccccc2)c2cccc3ccccc23)cc(-n2c3ccccc3c3ccccc32)c1. The molecule has 4 nitrogen and oxygen atoms in total. The van der Waals surface area contributed by atoms with Crippen molar-refractivity contribution in [3.05, 3.63) is 181 Å². The summed E-state index contributed by atoms with van der Waals surface area (Å²) in [5.74, 6) is 0.682. The van der Waals surface area contributed by atoms with E-state index in [0.717, 1.165) is 65.8 Å². The maximum absolute atomic E-state index is 5.27. The van der Waals surface area contributed by atoms with Crippen LogP contribution in [0.25, 0.3) is 60.9 Å². The molecule has 0 amide bonds. The summed E-state index contributed by atoms with van der Waals surface area (Å²) in [6.45, 7) is 0. The zero-order valence-corrected chi connectivity index (χ0v) is 28.0. The summed E-state index contributed by atoms with van der Waals surface area (Å²) < 4.78 is 3.32. The first-order valence-electron chi connectivity index (χ1n) is 16.3. The van der Waals surface area contributed by atoms with Crippen molar-refractivity contribution in [2.45, 2.75) is 0 Å². The van der Waals surface area contributed by atoms with Crippen molar-refractivity contribution in [3.63, 3.8) is 0 Å². The van der Waals surface area contributed by atoms with Crippen molar-refractivity contribution in [2.24, 2.45) is 0 Å². The summed E-state index contributed by atoms with van der Waals surface area (Å²) in [5.41, 5.74) is 9.10. The van der Waals surface area contributed by atoms with Crippen LogP contribution in [0.1, 0.15) is 0 Å². The van der Waals surface area contributed by atoms with Gasteiger partial charge in [0.1, 0.15) is 0 Å². The Morgan fingerprint density at radius 2 is 1.10 bits per heavy atom. The van der Waals surface area contributed by atoms with Crippen molar-refractivity contribution in [2.75, 3.05) is 4.90 Å². The molecule has 0 unspecified atom stereocenters. The van der Waals surface area contributed by atoms with Gasteiger partial charge in [0.25, 0.3) is 0 Å². The normalized spacial score (nSPS) is 11.4. The van der Waals surface area contributed by atoms with E-state index >= 15 is 0 Å². The number of aromatic nitrogens is 3. The molecule has 9 aromatic rings. The van der Waals surface area contributed by atoms with Crippen molar-refractivity contribution < 1.29 is 0 Å². The van der Waals surface area contributed by atoms with E-state index < -0.39 is 0 Å². The molecule has 9 rings (SSSR count). The Morgan fingerprint density at radius 1 is 0.510 bits per heavy atom. The second kappa shape index (κ2) is 12.2. The Labute approximate surface area is 292 Å². The van der Waals surface area contributed by atoms with Crippen LogP contribution in [0, 0.1) is 0 Å². The Bertz CT molecular complexity index is 2570. The molecule has 0 fully saturated rings. The summed E-state index contributed by atoms with van der Waals surface area (Å²) in [6.07, 6.45) is 1.97. The zero-order chi connectivity index (χ0) is 32.7. The van der Waals surface area contributed by atoms with Crippen LogP contribution >= 0.6 is 15.9 Å².